The van der Waals surface area contributed by atoms with Crippen molar-refractivity contribution in [3.63, 3.8) is 0 Å². The topological polar surface area (TPSA) is 32.3 Å². The van der Waals surface area contributed by atoms with E-state index in [9.17, 15) is 4.79 Å². The molecule has 0 radical (unpaired) electrons. The first kappa shape index (κ1) is 13.1. The van der Waals surface area contributed by atoms with E-state index < -0.39 is 0 Å². The molecule has 2 rings (SSSR count). The van der Waals surface area contributed by atoms with Crippen LogP contribution in [0.2, 0.25) is 0 Å². The van der Waals surface area contributed by atoms with E-state index in [2.05, 4.69) is 12.2 Å². The largest absolute Gasteiger partial charge is 0.339 e. The summed E-state index contributed by atoms with van der Waals surface area (Å²) in [7, 11) is 2.00. The van der Waals surface area contributed by atoms with E-state index in [0.29, 0.717) is 0 Å². The molecule has 1 heterocycles. The lowest BCUT2D eigenvalue weighted by atomic mass is 9.89. The average Bonchev–Trinajstić information content (AvgIpc) is 2.39. The van der Waals surface area contributed by atoms with Crippen molar-refractivity contribution >= 4 is 5.91 Å². The number of nitrogens with one attached hydrogen (secondary N) is 1. The van der Waals surface area contributed by atoms with Gasteiger partial charge in [-0.15, -0.1) is 0 Å². The standard InChI is InChI=1S/C15H22N2O/c1-12-5-4-6-13(11-12)14(18)17-9-7-15(2,16-3)8-10-17/h4-6,11,16H,7-10H2,1-3H3. The Kier molecular flexibility index (Phi) is 3.71. The van der Waals surface area contributed by atoms with Crippen molar-refractivity contribution in [3.8, 4) is 0 Å². The molecule has 0 bridgehead atoms. The number of benzene rings is 1. The van der Waals surface area contributed by atoms with Gasteiger partial charge in [-0.1, -0.05) is 17.7 Å². The van der Waals surface area contributed by atoms with Gasteiger partial charge < -0.3 is 10.2 Å². The Morgan fingerprint density at radius 1 is 1.33 bits per heavy atom. The molecule has 1 aromatic rings. The van der Waals surface area contributed by atoms with Gasteiger partial charge in [0.25, 0.3) is 5.91 Å². The van der Waals surface area contributed by atoms with E-state index in [1.165, 1.54) is 0 Å². The Hall–Kier alpha value is -1.35. The lowest BCUT2D eigenvalue weighted by molar-refractivity contribution is 0.0661. The quantitative estimate of drug-likeness (QED) is 0.867. The zero-order chi connectivity index (χ0) is 13.2. The molecule has 3 nitrogen and oxygen atoms in total. The van der Waals surface area contributed by atoms with Crippen molar-refractivity contribution in [1.29, 1.82) is 0 Å². The van der Waals surface area contributed by atoms with E-state index in [1.54, 1.807) is 0 Å². The van der Waals surface area contributed by atoms with Gasteiger partial charge in [0.1, 0.15) is 0 Å². The highest BCUT2D eigenvalue weighted by atomic mass is 16.2. The van der Waals surface area contributed by atoms with Crippen LogP contribution in [-0.4, -0.2) is 36.5 Å². The molecule has 98 valence electrons. The number of aryl methyl sites for hydroxylation is 1. The normalized spacial score (nSPS) is 18.7. The van der Waals surface area contributed by atoms with Gasteiger partial charge in [0, 0.05) is 24.2 Å². The van der Waals surface area contributed by atoms with Gasteiger partial charge in [-0.25, -0.2) is 0 Å². The summed E-state index contributed by atoms with van der Waals surface area (Å²) in [6.07, 6.45) is 2.03. The van der Waals surface area contributed by atoms with Gasteiger partial charge in [0.05, 0.1) is 0 Å². The molecule has 1 amide bonds. The summed E-state index contributed by atoms with van der Waals surface area (Å²) in [5.41, 5.74) is 2.13. The number of piperidine rings is 1. The Morgan fingerprint density at radius 2 is 2.00 bits per heavy atom. The van der Waals surface area contributed by atoms with Crippen LogP contribution in [0.15, 0.2) is 24.3 Å². The molecule has 18 heavy (non-hydrogen) atoms. The summed E-state index contributed by atoms with van der Waals surface area (Å²) >= 11 is 0. The molecule has 0 unspecified atom stereocenters. The van der Waals surface area contributed by atoms with Gasteiger partial charge in [0.15, 0.2) is 0 Å². The van der Waals surface area contributed by atoms with Crippen molar-refractivity contribution in [2.45, 2.75) is 32.2 Å². The van der Waals surface area contributed by atoms with Crippen LogP contribution in [0.1, 0.15) is 35.7 Å². The first-order valence-corrected chi connectivity index (χ1v) is 6.59. The van der Waals surface area contributed by atoms with E-state index in [1.807, 2.05) is 43.1 Å². The van der Waals surface area contributed by atoms with E-state index in [0.717, 1.165) is 37.1 Å². The van der Waals surface area contributed by atoms with Crippen LogP contribution in [0.25, 0.3) is 0 Å². The summed E-state index contributed by atoms with van der Waals surface area (Å²) in [6.45, 7) is 5.92. The third kappa shape index (κ3) is 2.72. The molecule has 1 aliphatic heterocycles. The average molecular weight is 246 g/mol. The van der Waals surface area contributed by atoms with Crippen molar-refractivity contribution < 1.29 is 4.79 Å². The molecular weight excluding hydrogens is 224 g/mol. The zero-order valence-electron chi connectivity index (χ0n) is 11.5. The fourth-order valence-electron chi connectivity index (χ4n) is 2.41. The third-order valence-electron chi connectivity index (χ3n) is 4.02. The summed E-state index contributed by atoms with van der Waals surface area (Å²) in [6, 6.07) is 7.84. The molecule has 1 aliphatic rings. The highest BCUT2D eigenvalue weighted by Gasteiger charge is 2.30. The molecule has 1 fully saturated rings. The molecule has 0 aliphatic carbocycles. The number of amides is 1. The van der Waals surface area contributed by atoms with Crippen LogP contribution in [0.4, 0.5) is 0 Å². The predicted molar refractivity (Wildman–Crippen MR) is 73.8 cm³/mol. The molecule has 0 spiro atoms. The number of likely N-dealkylation sites (tertiary alicyclic amines) is 1. The Labute approximate surface area is 109 Å². The Balaban J connectivity index is 2.04. The maximum atomic E-state index is 12.4. The van der Waals surface area contributed by atoms with E-state index in [-0.39, 0.29) is 11.4 Å². The number of carbonyl (C=O) groups is 1. The van der Waals surface area contributed by atoms with Crippen LogP contribution >= 0.6 is 0 Å². The second-order valence-corrected chi connectivity index (χ2v) is 5.47. The smallest absolute Gasteiger partial charge is 0.253 e. The number of nitrogens with zero attached hydrogens (tertiary/aromatic N) is 1. The third-order valence-corrected chi connectivity index (χ3v) is 4.02. The molecule has 1 N–H and O–H groups in total. The van der Waals surface area contributed by atoms with Crippen LogP contribution in [0.5, 0.6) is 0 Å². The molecule has 1 aromatic carbocycles. The molecule has 1 saturated heterocycles. The van der Waals surface area contributed by atoms with Gasteiger partial charge in [-0.2, -0.15) is 0 Å². The molecule has 0 saturated carbocycles. The first-order chi connectivity index (χ1) is 8.54. The second-order valence-electron chi connectivity index (χ2n) is 5.47. The summed E-state index contributed by atoms with van der Waals surface area (Å²) in [5.74, 6) is 0.164. The lowest BCUT2D eigenvalue weighted by Gasteiger charge is -2.39. The van der Waals surface area contributed by atoms with Gasteiger partial charge in [0.2, 0.25) is 0 Å². The molecule has 0 aromatic heterocycles. The van der Waals surface area contributed by atoms with Crippen LogP contribution in [0, 0.1) is 6.92 Å². The van der Waals surface area contributed by atoms with E-state index in [4.69, 9.17) is 0 Å². The Bertz CT molecular complexity index is 434. The van der Waals surface area contributed by atoms with Crippen molar-refractivity contribution in [3.05, 3.63) is 35.4 Å². The highest BCUT2D eigenvalue weighted by molar-refractivity contribution is 5.94. The lowest BCUT2D eigenvalue weighted by Crippen LogP contribution is -2.51. The van der Waals surface area contributed by atoms with Gasteiger partial charge in [-0.3, -0.25) is 4.79 Å². The monoisotopic (exact) mass is 246 g/mol. The van der Waals surface area contributed by atoms with Crippen molar-refractivity contribution in [2.75, 3.05) is 20.1 Å². The number of hydrogen-bond acceptors (Lipinski definition) is 2. The zero-order valence-corrected chi connectivity index (χ0v) is 11.5. The van der Waals surface area contributed by atoms with Gasteiger partial charge in [-0.05, 0) is 45.9 Å². The number of carbonyl (C=O) groups excluding carboxylic acids is 1. The van der Waals surface area contributed by atoms with Crippen LogP contribution in [-0.2, 0) is 0 Å². The molecule has 3 heteroatoms. The Morgan fingerprint density at radius 3 is 2.56 bits per heavy atom. The summed E-state index contributed by atoms with van der Waals surface area (Å²) in [4.78, 5) is 14.3. The minimum Gasteiger partial charge on any atom is -0.339 e. The maximum Gasteiger partial charge on any atom is 0.253 e. The fourth-order valence-corrected chi connectivity index (χ4v) is 2.41. The van der Waals surface area contributed by atoms with Crippen molar-refractivity contribution in [2.24, 2.45) is 0 Å². The van der Waals surface area contributed by atoms with Crippen LogP contribution in [0.3, 0.4) is 0 Å². The first-order valence-electron chi connectivity index (χ1n) is 6.59. The van der Waals surface area contributed by atoms with Crippen molar-refractivity contribution in [1.82, 2.24) is 10.2 Å². The molecular formula is C15H22N2O. The minimum absolute atomic E-state index is 0.164. The summed E-state index contributed by atoms with van der Waals surface area (Å²) < 4.78 is 0. The van der Waals surface area contributed by atoms with E-state index >= 15 is 0 Å². The highest BCUT2D eigenvalue weighted by Crippen LogP contribution is 2.22. The predicted octanol–water partition coefficient (Wildman–Crippen LogP) is 2.21. The summed E-state index contributed by atoms with van der Waals surface area (Å²) in [5, 5.41) is 3.35. The SMILES string of the molecule is CNC1(C)CCN(C(=O)c2cccc(C)c2)CC1. The van der Waals surface area contributed by atoms with Crippen LogP contribution < -0.4 is 5.32 Å². The second kappa shape index (κ2) is 5.11. The number of rotatable bonds is 2. The minimum atomic E-state index is 0.164. The van der Waals surface area contributed by atoms with Gasteiger partial charge >= 0.3 is 0 Å². The number of hydrogen-bond donors (Lipinski definition) is 1. The molecule has 0 atom stereocenters. The fraction of sp³-hybridized carbons (Fsp3) is 0.533. The maximum absolute atomic E-state index is 12.4.